The van der Waals surface area contributed by atoms with Gasteiger partial charge < -0.3 is 10.2 Å². The lowest BCUT2D eigenvalue weighted by atomic mass is 9.75. The summed E-state index contributed by atoms with van der Waals surface area (Å²) in [4.78, 5) is 14.5. The molecule has 21 heavy (non-hydrogen) atoms. The second kappa shape index (κ2) is 6.15. The van der Waals surface area contributed by atoms with E-state index in [0.717, 1.165) is 43.2 Å². The van der Waals surface area contributed by atoms with Crippen LogP contribution in [0.25, 0.3) is 0 Å². The van der Waals surface area contributed by atoms with Crippen LogP contribution in [0.1, 0.15) is 32.3 Å². The summed E-state index contributed by atoms with van der Waals surface area (Å²) in [7, 11) is 0. The average molecular weight is 329 g/mol. The number of anilines is 1. The highest BCUT2D eigenvalue weighted by molar-refractivity contribution is 6.30. The number of carbonyl (C=O) groups excluding carboxylic acids is 1. The Balaban J connectivity index is 0.00000161. The normalized spacial score (nSPS) is 19.5. The minimum absolute atomic E-state index is 0. The van der Waals surface area contributed by atoms with Gasteiger partial charge in [0.1, 0.15) is 0 Å². The van der Waals surface area contributed by atoms with E-state index in [1.165, 1.54) is 5.56 Å². The molecule has 1 saturated heterocycles. The van der Waals surface area contributed by atoms with Crippen LogP contribution in [-0.2, 0) is 10.2 Å². The molecule has 0 aliphatic carbocycles. The smallest absolute Gasteiger partial charge is 0.229 e. The van der Waals surface area contributed by atoms with E-state index in [0.29, 0.717) is 0 Å². The topological polar surface area (TPSA) is 32.3 Å². The number of halogens is 2. The Bertz CT molecular complexity index is 539. The summed E-state index contributed by atoms with van der Waals surface area (Å²) in [6.45, 7) is 6.75. The summed E-state index contributed by atoms with van der Waals surface area (Å²) < 4.78 is 0. The van der Waals surface area contributed by atoms with Gasteiger partial charge in [0.05, 0.1) is 0 Å². The number of nitrogens with one attached hydrogen (secondary N) is 1. The summed E-state index contributed by atoms with van der Waals surface area (Å²) in [6, 6.07) is 5.96. The van der Waals surface area contributed by atoms with E-state index in [1.54, 1.807) is 0 Å². The zero-order chi connectivity index (χ0) is 14.3. The van der Waals surface area contributed by atoms with Crippen molar-refractivity contribution in [3.63, 3.8) is 0 Å². The Hall–Kier alpha value is -0.770. The van der Waals surface area contributed by atoms with Crippen molar-refractivity contribution < 1.29 is 4.79 Å². The molecule has 1 aromatic carbocycles. The van der Waals surface area contributed by atoms with Crippen molar-refractivity contribution in [2.24, 2.45) is 5.92 Å². The van der Waals surface area contributed by atoms with Crippen molar-refractivity contribution in [2.75, 3.05) is 24.5 Å². The van der Waals surface area contributed by atoms with Gasteiger partial charge in [-0.2, -0.15) is 0 Å². The zero-order valence-corrected chi connectivity index (χ0v) is 14.1. The number of nitrogens with zero attached hydrogens (tertiary/aromatic N) is 1. The summed E-state index contributed by atoms with van der Waals surface area (Å²) >= 11 is 6.20. The molecule has 116 valence electrons. The average Bonchev–Trinajstić information content (AvgIpc) is 2.73. The lowest BCUT2D eigenvalue weighted by Crippen LogP contribution is -2.45. The molecule has 5 heteroatoms. The van der Waals surface area contributed by atoms with Gasteiger partial charge in [-0.25, -0.2) is 0 Å². The molecule has 0 bridgehead atoms. The number of carbonyl (C=O) groups is 1. The lowest BCUT2D eigenvalue weighted by Gasteiger charge is -2.34. The number of benzene rings is 1. The van der Waals surface area contributed by atoms with Crippen LogP contribution >= 0.6 is 24.0 Å². The van der Waals surface area contributed by atoms with Crippen molar-refractivity contribution in [3.05, 3.63) is 28.8 Å². The first-order valence-corrected chi connectivity index (χ1v) is 7.73. The minimum atomic E-state index is 0. The molecule has 3 nitrogen and oxygen atoms in total. The van der Waals surface area contributed by atoms with Gasteiger partial charge in [-0.05, 0) is 49.7 Å². The molecule has 2 heterocycles. The fourth-order valence-corrected chi connectivity index (χ4v) is 3.65. The van der Waals surface area contributed by atoms with Gasteiger partial charge in [0, 0.05) is 28.6 Å². The van der Waals surface area contributed by atoms with Gasteiger partial charge in [0.15, 0.2) is 0 Å². The van der Waals surface area contributed by atoms with Crippen molar-refractivity contribution in [3.8, 4) is 0 Å². The zero-order valence-electron chi connectivity index (χ0n) is 12.5. The van der Waals surface area contributed by atoms with Gasteiger partial charge in [-0.15, -0.1) is 12.4 Å². The van der Waals surface area contributed by atoms with E-state index in [2.05, 4.69) is 11.4 Å². The van der Waals surface area contributed by atoms with Crippen LogP contribution in [0, 0.1) is 5.92 Å². The first kappa shape index (κ1) is 16.6. The van der Waals surface area contributed by atoms with Crippen molar-refractivity contribution in [2.45, 2.75) is 32.1 Å². The van der Waals surface area contributed by atoms with Crippen LogP contribution in [0.3, 0.4) is 0 Å². The minimum Gasteiger partial charge on any atom is -0.317 e. The molecule has 1 spiro atoms. The molecule has 1 aromatic rings. The quantitative estimate of drug-likeness (QED) is 0.857. The molecule has 0 unspecified atom stereocenters. The first-order chi connectivity index (χ1) is 9.53. The number of hydrogen-bond donors (Lipinski definition) is 1. The third kappa shape index (κ3) is 2.79. The molecule has 0 radical (unpaired) electrons. The molecule has 2 aliphatic rings. The molecule has 1 fully saturated rings. The van der Waals surface area contributed by atoms with Crippen LogP contribution < -0.4 is 10.2 Å². The van der Waals surface area contributed by atoms with Gasteiger partial charge in [-0.1, -0.05) is 25.4 Å². The van der Waals surface area contributed by atoms with E-state index in [9.17, 15) is 4.79 Å². The number of piperidine rings is 1. The van der Waals surface area contributed by atoms with E-state index in [1.807, 2.05) is 30.9 Å². The van der Waals surface area contributed by atoms with E-state index in [-0.39, 0.29) is 29.6 Å². The Morgan fingerprint density at radius 3 is 2.62 bits per heavy atom. The Morgan fingerprint density at radius 2 is 2.00 bits per heavy atom. The number of hydrogen-bond acceptors (Lipinski definition) is 2. The monoisotopic (exact) mass is 328 g/mol. The first-order valence-electron chi connectivity index (χ1n) is 7.36. The maximum atomic E-state index is 12.5. The molecule has 2 aliphatic heterocycles. The van der Waals surface area contributed by atoms with Crippen LogP contribution in [0.2, 0.25) is 5.02 Å². The SMILES string of the molecule is CC(C)C(=O)N1CC2(CCNCC2)c2cc(Cl)ccc21.Cl. The molecule has 0 saturated carbocycles. The fraction of sp³-hybridized carbons (Fsp3) is 0.562. The second-order valence-electron chi connectivity index (χ2n) is 6.27. The molecule has 0 aromatic heterocycles. The molecule has 0 atom stereocenters. The molecule has 3 rings (SSSR count). The molecular weight excluding hydrogens is 307 g/mol. The number of rotatable bonds is 1. The highest BCUT2D eigenvalue weighted by Gasteiger charge is 2.45. The third-order valence-electron chi connectivity index (χ3n) is 4.60. The fourth-order valence-electron chi connectivity index (χ4n) is 3.48. The van der Waals surface area contributed by atoms with Crippen molar-refractivity contribution >= 4 is 35.6 Å². The van der Waals surface area contributed by atoms with Gasteiger partial charge in [-0.3, -0.25) is 4.79 Å². The summed E-state index contributed by atoms with van der Waals surface area (Å²) in [6.07, 6.45) is 2.14. The Labute approximate surface area is 137 Å². The van der Waals surface area contributed by atoms with Crippen LogP contribution in [0.15, 0.2) is 18.2 Å². The predicted molar refractivity (Wildman–Crippen MR) is 89.7 cm³/mol. The molecule has 1 amide bonds. The predicted octanol–water partition coefficient (Wildman–Crippen LogP) is 3.39. The molecule has 1 N–H and O–H groups in total. The lowest BCUT2D eigenvalue weighted by molar-refractivity contribution is -0.121. The Morgan fingerprint density at radius 1 is 1.33 bits per heavy atom. The largest absolute Gasteiger partial charge is 0.317 e. The summed E-state index contributed by atoms with van der Waals surface area (Å²) in [5, 5.41) is 4.18. The van der Waals surface area contributed by atoms with Crippen LogP contribution in [-0.4, -0.2) is 25.5 Å². The van der Waals surface area contributed by atoms with E-state index < -0.39 is 0 Å². The van der Waals surface area contributed by atoms with Crippen molar-refractivity contribution in [1.82, 2.24) is 5.32 Å². The van der Waals surface area contributed by atoms with Crippen LogP contribution in [0.4, 0.5) is 5.69 Å². The van der Waals surface area contributed by atoms with Crippen LogP contribution in [0.5, 0.6) is 0 Å². The highest BCUT2D eigenvalue weighted by atomic mass is 35.5. The number of amides is 1. The molecular formula is C16H22Cl2N2O. The standard InChI is InChI=1S/C16H21ClN2O.ClH/c1-11(2)15(20)19-10-16(5-7-18-8-6-16)13-9-12(17)3-4-14(13)19;/h3-4,9,11,18H,5-8,10H2,1-2H3;1H. The van der Waals surface area contributed by atoms with E-state index in [4.69, 9.17) is 11.6 Å². The van der Waals surface area contributed by atoms with Gasteiger partial charge in [0.2, 0.25) is 5.91 Å². The van der Waals surface area contributed by atoms with Gasteiger partial charge in [0.25, 0.3) is 0 Å². The third-order valence-corrected chi connectivity index (χ3v) is 4.84. The van der Waals surface area contributed by atoms with E-state index >= 15 is 0 Å². The second-order valence-corrected chi connectivity index (χ2v) is 6.71. The maximum absolute atomic E-state index is 12.5. The highest BCUT2D eigenvalue weighted by Crippen LogP contribution is 2.47. The summed E-state index contributed by atoms with van der Waals surface area (Å²) in [5.41, 5.74) is 2.42. The Kier molecular flexibility index (Phi) is 4.86. The van der Waals surface area contributed by atoms with Gasteiger partial charge >= 0.3 is 0 Å². The van der Waals surface area contributed by atoms with Crippen molar-refractivity contribution in [1.29, 1.82) is 0 Å². The maximum Gasteiger partial charge on any atom is 0.229 e. The number of fused-ring (bicyclic) bond motifs is 2. The summed E-state index contributed by atoms with van der Waals surface area (Å²) in [5.74, 6) is 0.236.